The van der Waals surface area contributed by atoms with E-state index in [4.69, 9.17) is 9.47 Å². The second-order valence-corrected chi connectivity index (χ2v) is 16.2. The first-order valence-electron chi connectivity index (χ1n) is 20.2. The lowest BCUT2D eigenvalue weighted by Gasteiger charge is -2.40. The van der Waals surface area contributed by atoms with Crippen molar-refractivity contribution in [3.8, 4) is 17.2 Å². The van der Waals surface area contributed by atoms with Gasteiger partial charge in [0.15, 0.2) is 11.6 Å². The minimum absolute atomic E-state index is 0.0870. The Bertz CT molecular complexity index is 2250. The molecule has 3 fully saturated rings. The Morgan fingerprint density at radius 1 is 0.828 bits per heavy atom. The second-order valence-electron chi connectivity index (χ2n) is 16.2. The van der Waals surface area contributed by atoms with Gasteiger partial charge in [0.25, 0.3) is 5.91 Å². The highest BCUT2D eigenvalue weighted by Crippen LogP contribution is 2.48. The Labute approximate surface area is 336 Å². The van der Waals surface area contributed by atoms with Gasteiger partial charge in [0.2, 0.25) is 11.8 Å². The third kappa shape index (κ3) is 7.20. The number of phenolic OH excluding ortho intramolecular Hbond substituents is 1. The first-order valence-corrected chi connectivity index (χ1v) is 20.2. The molecule has 3 unspecified atom stereocenters. The van der Waals surface area contributed by atoms with E-state index >= 15 is 4.39 Å². The van der Waals surface area contributed by atoms with Crippen molar-refractivity contribution in [3.05, 3.63) is 112 Å². The number of hydrogen-bond acceptors (Lipinski definition) is 9. The Hall–Kier alpha value is -5.69. The van der Waals surface area contributed by atoms with Crippen LogP contribution in [0.15, 0.2) is 72.8 Å². The quantitative estimate of drug-likeness (QED) is 0.214. The van der Waals surface area contributed by atoms with Gasteiger partial charge >= 0.3 is 0 Å². The molecule has 302 valence electrons. The molecular weight excluding hydrogens is 745 g/mol. The van der Waals surface area contributed by atoms with E-state index in [0.29, 0.717) is 35.9 Å². The first-order chi connectivity index (χ1) is 28.1. The van der Waals surface area contributed by atoms with Crippen molar-refractivity contribution in [1.29, 1.82) is 0 Å². The van der Waals surface area contributed by atoms with E-state index in [-0.39, 0.29) is 54.0 Å². The topological polar surface area (TPSA) is 115 Å². The number of fused-ring (bicyclic) bond motifs is 2. The number of nitrogens with zero attached hydrogens (tertiary/aromatic N) is 4. The lowest BCUT2D eigenvalue weighted by Crippen LogP contribution is -2.52. The third-order valence-corrected chi connectivity index (χ3v) is 12.8. The molecular formula is C45H47F2N5O6. The van der Waals surface area contributed by atoms with Crippen molar-refractivity contribution < 1.29 is 37.7 Å². The zero-order chi connectivity index (χ0) is 40.1. The summed E-state index contributed by atoms with van der Waals surface area (Å²) in [6.07, 6.45) is 2.52. The summed E-state index contributed by atoms with van der Waals surface area (Å²) in [7, 11) is 1.43. The number of aromatic hydroxyl groups is 1. The third-order valence-electron chi connectivity index (χ3n) is 12.8. The Morgan fingerprint density at radius 2 is 1.62 bits per heavy atom. The molecule has 3 atom stereocenters. The largest absolute Gasteiger partial charge is 0.508 e. The van der Waals surface area contributed by atoms with E-state index in [1.54, 1.807) is 35.2 Å². The molecule has 3 amide bonds. The summed E-state index contributed by atoms with van der Waals surface area (Å²) in [5, 5.41) is 12.5. The number of amides is 3. The molecule has 4 aromatic rings. The van der Waals surface area contributed by atoms with Gasteiger partial charge < -0.3 is 29.3 Å². The van der Waals surface area contributed by atoms with E-state index in [9.17, 15) is 23.9 Å². The fourth-order valence-corrected chi connectivity index (χ4v) is 9.65. The summed E-state index contributed by atoms with van der Waals surface area (Å²) in [4.78, 5) is 45.9. The molecule has 0 aliphatic carbocycles. The lowest BCUT2D eigenvalue weighted by atomic mass is 9.75. The fourth-order valence-electron chi connectivity index (χ4n) is 9.65. The summed E-state index contributed by atoms with van der Waals surface area (Å²) < 4.78 is 41.9. The van der Waals surface area contributed by atoms with Gasteiger partial charge in [-0.05, 0) is 90.4 Å². The number of piperidine rings is 2. The van der Waals surface area contributed by atoms with E-state index in [1.807, 2.05) is 30.3 Å². The number of hydrogen-bond donors (Lipinski definition) is 2. The van der Waals surface area contributed by atoms with Crippen molar-refractivity contribution in [2.24, 2.45) is 5.92 Å². The number of nitrogens with one attached hydrogen (secondary N) is 1. The van der Waals surface area contributed by atoms with Crippen LogP contribution in [0.4, 0.5) is 20.2 Å². The summed E-state index contributed by atoms with van der Waals surface area (Å²) in [6, 6.07) is 20.6. The number of rotatable bonds is 8. The van der Waals surface area contributed by atoms with Crippen LogP contribution in [0.3, 0.4) is 0 Å². The summed E-state index contributed by atoms with van der Waals surface area (Å²) >= 11 is 0. The molecule has 5 heterocycles. The van der Waals surface area contributed by atoms with Crippen LogP contribution >= 0.6 is 0 Å². The molecule has 58 heavy (non-hydrogen) atoms. The monoisotopic (exact) mass is 791 g/mol. The van der Waals surface area contributed by atoms with Crippen molar-refractivity contribution in [1.82, 2.24) is 15.1 Å². The Morgan fingerprint density at radius 3 is 2.38 bits per heavy atom. The van der Waals surface area contributed by atoms with Crippen LogP contribution in [0.2, 0.25) is 0 Å². The number of carbonyl (C=O) groups is 3. The number of anilines is 2. The molecule has 5 aliphatic rings. The van der Waals surface area contributed by atoms with Gasteiger partial charge in [-0.2, -0.15) is 0 Å². The van der Waals surface area contributed by atoms with E-state index in [2.05, 4.69) is 26.1 Å². The molecule has 11 nitrogen and oxygen atoms in total. The number of ether oxygens (including phenoxy) is 2. The maximum absolute atomic E-state index is 16.2. The lowest BCUT2D eigenvalue weighted by molar-refractivity contribution is -0.136. The number of carbonyl (C=O) groups excluding carboxylic acids is 3. The van der Waals surface area contributed by atoms with Crippen LogP contribution in [0.25, 0.3) is 0 Å². The van der Waals surface area contributed by atoms with Crippen LogP contribution in [0.5, 0.6) is 17.2 Å². The van der Waals surface area contributed by atoms with Crippen LogP contribution in [0, 0.1) is 17.6 Å². The van der Waals surface area contributed by atoms with Crippen LogP contribution in [-0.2, 0) is 16.1 Å². The standard InChI is InChI=1S/C45H47F2N5O6/c1-57-41-22-28(2-8-36(41)46)35-26-58-40-23-32(53)5-7-34(40)43(35)29-3-9-38(37(47)21-29)51-14-12-27(13-15-51)24-49-16-18-50(19-17-49)31-4-6-33-30(20-31)25-52(45(33)56)39-10-11-42(54)48-44(39)55/h2-9,20-23,27,35,39,43,53H,10-19,24-26H2,1H3,(H,48,54,55). The SMILES string of the molecule is COc1cc(C2COc3cc(O)ccc3C2c2ccc(N3CCC(CN4CCN(c5ccc6c(c5)CN(C5CCC(=O)NC5=O)C6=O)CC4)CC3)c(F)c2)ccc1F. The summed E-state index contributed by atoms with van der Waals surface area (Å²) in [6.45, 7) is 6.75. The molecule has 0 aromatic heterocycles. The van der Waals surface area contributed by atoms with Crippen molar-refractivity contribution in [2.45, 2.75) is 50.1 Å². The number of piperazine rings is 1. The average Bonchev–Trinajstić information content (AvgIpc) is 3.55. The molecule has 13 heteroatoms. The van der Waals surface area contributed by atoms with Crippen molar-refractivity contribution in [2.75, 3.05) is 69.3 Å². The number of imide groups is 1. The number of halogens is 2. The molecule has 0 spiro atoms. The predicted octanol–water partition coefficient (Wildman–Crippen LogP) is 5.79. The maximum atomic E-state index is 16.2. The molecule has 0 bridgehead atoms. The van der Waals surface area contributed by atoms with Crippen molar-refractivity contribution in [3.63, 3.8) is 0 Å². The molecule has 4 aromatic carbocycles. The van der Waals surface area contributed by atoms with Gasteiger partial charge in [0, 0.05) is 93.5 Å². The smallest absolute Gasteiger partial charge is 0.255 e. The first kappa shape index (κ1) is 37.9. The highest BCUT2D eigenvalue weighted by molar-refractivity contribution is 6.05. The molecule has 9 rings (SSSR count). The van der Waals surface area contributed by atoms with Gasteiger partial charge in [-0.25, -0.2) is 8.78 Å². The van der Waals surface area contributed by atoms with Gasteiger partial charge in [0.1, 0.15) is 23.4 Å². The van der Waals surface area contributed by atoms with Crippen molar-refractivity contribution >= 4 is 29.1 Å². The van der Waals surface area contributed by atoms with Gasteiger partial charge in [-0.15, -0.1) is 0 Å². The number of methoxy groups -OCH3 is 1. The minimum Gasteiger partial charge on any atom is -0.508 e. The number of phenols is 1. The highest BCUT2D eigenvalue weighted by Gasteiger charge is 2.40. The molecule has 0 saturated carbocycles. The average molecular weight is 792 g/mol. The van der Waals surface area contributed by atoms with Crippen LogP contribution in [-0.4, -0.2) is 98.2 Å². The fraction of sp³-hybridized carbons (Fsp3) is 0.400. The zero-order valence-electron chi connectivity index (χ0n) is 32.5. The van der Waals surface area contributed by atoms with Gasteiger partial charge in [-0.3, -0.25) is 24.6 Å². The molecule has 3 saturated heterocycles. The van der Waals surface area contributed by atoms with Crippen LogP contribution in [0.1, 0.15) is 70.1 Å². The predicted molar refractivity (Wildman–Crippen MR) is 214 cm³/mol. The van der Waals surface area contributed by atoms with E-state index < -0.39 is 17.8 Å². The second kappa shape index (κ2) is 15.6. The zero-order valence-corrected chi connectivity index (χ0v) is 32.5. The van der Waals surface area contributed by atoms with Gasteiger partial charge in [-0.1, -0.05) is 18.2 Å². The molecule has 2 N–H and O–H groups in total. The Kier molecular flexibility index (Phi) is 10.2. The van der Waals surface area contributed by atoms with E-state index in [0.717, 1.165) is 86.6 Å². The molecule has 0 radical (unpaired) electrons. The highest BCUT2D eigenvalue weighted by atomic mass is 19.1. The van der Waals surface area contributed by atoms with Gasteiger partial charge in [0.05, 0.1) is 19.4 Å². The number of benzene rings is 4. The molecule has 5 aliphatic heterocycles. The summed E-state index contributed by atoms with van der Waals surface area (Å²) in [5.41, 5.74) is 5.62. The summed E-state index contributed by atoms with van der Waals surface area (Å²) in [5.74, 6) is -0.850. The maximum Gasteiger partial charge on any atom is 0.255 e. The normalized spacial score (nSPS) is 22.7. The van der Waals surface area contributed by atoms with Crippen LogP contribution < -0.4 is 24.6 Å². The Balaban J connectivity index is 0.807. The van der Waals surface area contributed by atoms with E-state index in [1.165, 1.54) is 13.2 Å². The minimum atomic E-state index is -0.622.